The molecule has 7 nitrogen and oxygen atoms in total. The number of aryl methyl sites for hydroxylation is 1. The van der Waals surface area contributed by atoms with Crippen LogP contribution in [0.3, 0.4) is 0 Å². The molecule has 7 heteroatoms. The molecule has 0 aliphatic heterocycles. The molecule has 2 amide bonds. The number of carbonyl (C=O) groups is 2. The molecule has 0 saturated heterocycles. The zero-order valence-electron chi connectivity index (χ0n) is 16.1. The molecule has 0 aliphatic rings. The van der Waals surface area contributed by atoms with Gasteiger partial charge in [0.15, 0.2) is 13.2 Å². The van der Waals surface area contributed by atoms with Crippen LogP contribution < -0.4 is 20.3 Å². The van der Waals surface area contributed by atoms with E-state index in [4.69, 9.17) is 14.7 Å². The molecule has 0 saturated carbocycles. The summed E-state index contributed by atoms with van der Waals surface area (Å²) in [4.78, 5) is 23.7. The van der Waals surface area contributed by atoms with Gasteiger partial charge in [-0.25, -0.2) is 0 Å². The van der Waals surface area contributed by atoms with E-state index in [1.807, 2.05) is 45.0 Å². The van der Waals surface area contributed by atoms with Crippen LogP contribution in [0.2, 0.25) is 0 Å². The van der Waals surface area contributed by atoms with E-state index >= 15 is 0 Å². The molecule has 0 aromatic heterocycles. The van der Waals surface area contributed by atoms with E-state index in [2.05, 4.69) is 10.9 Å². The number of hydrogen-bond donors (Lipinski definition) is 2. The number of ether oxygens (including phenoxy) is 2. The van der Waals surface area contributed by atoms with Crippen molar-refractivity contribution in [1.29, 1.82) is 5.26 Å². The maximum atomic E-state index is 11.9. The third-order valence-corrected chi connectivity index (χ3v) is 3.86. The Labute approximate surface area is 164 Å². The molecule has 28 heavy (non-hydrogen) atoms. The van der Waals surface area contributed by atoms with Crippen molar-refractivity contribution in [2.75, 3.05) is 13.2 Å². The number of para-hydroxylation sites is 1. The van der Waals surface area contributed by atoms with Crippen LogP contribution in [0.15, 0.2) is 42.5 Å². The first-order valence-corrected chi connectivity index (χ1v) is 8.83. The standard InChI is InChI=1S/C21H23N3O4/c1-14(2)17-9-8-15(3)10-19(17)28-13-21(26)24-23-20(25)12-27-18-7-5-4-6-16(18)11-22/h4-10,14H,12-13H2,1-3H3,(H,23,25)(H,24,26). The summed E-state index contributed by atoms with van der Waals surface area (Å²) in [6.07, 6.45) is 0. The van der Waals surface area contributed by atoms with Crippen molar-refractivity contribution in [1.82, 2.24) is 10.9 Å². The molecule has 0 bridgehead atoms. The summed E-state index contributed by atoms with van der Waals surface area (Å²) in [6, 6.07) is 14.4. The molecule has 0 spiro atoms. The smallest absolute Gasteiger partial charge is 0.276 e. The van der Waals surface area contributed by atoms with Crippen LogP contribution in [-0.2, 0) is 9.59 Å². The highest BCUT2D eigenvalue weighted by Gasteiger charge is 2.11. The average molecular weight is 381 g/mol. The zero-order valence-corrected chi connectivity index (χ0v) is 16.1. The maximum Gasteiger partial charge on any atom is 0.276 e. The lowest BCUT2D eigenvalue weighted by Gasteiger charge is -2.15. The number of nitrogens with one attached hydrogen (secondary N) is 2. The molecule has 2 aromatic rings. The van der Waals surface area contributed by atoms with Crippen LogP contribution in [0.5, 0.6) is 11.5 Å². The lowest BCUT2D eigenvalue weighted by Crippen LogP contribution is -2.45. The van der Waals surface area contributed by atoms with E-state index in [9.17, 15) is 9.59 Å². The van der Waals surface area contributed by atoms with Gasteiger partial charge in [-0.1, -0.05) is 38.1 Å². The summed E-state index contributed by atoms with van der Waals surface area (Å²) in [5.74, 6) is 0.150. The van der Waals surface area contributed by atoms with Crippen molar-refractivity contribution < 1.29 is 19.1 Å². The molecular formula is C21H23N3O4. The van der Waals surface area contributed by atoms with Gasteiger partial charge in [-0.2, -0.15) is 5.26 Å². The van der Waals surface area contributed by atoms with Crippen LogP contribution in [-0.4, -0.2) is 25.0 Å². The topological polar surface area (TPSA) is 100 Å². The van der Waals surface area contributed by atoms with Crippen LogP contribution >= 0.6 is 0 Å². The fourth-order valence-electron chi connectivity index (χ4n) is 2.43. The number of hydrazine groups is 1. The SMILES string of the molecule is Cc1ccc(C(C)C)c(OCC(=O)NNC(=O)COc2ccccc2C#N)c1. The van der Waals surface area contributed by atoms with E-state index in [0.717, 1.165) is 11.1 Å². The minimum Gasteiger partial charge on any atom is -0.483 e. The molecular weight excluding hydrogens is 358 g/mol. The quantitative estimate of drug-likeness (QED) is 0.718. The molecule has 2 rings (SSSR count). The van der Waals surface area contributed by atoms with E-state index in [0.29, 0.717) is 17.1 Å². The van der Waals surface area contributed by atoms with Crippen LogP contribution in [0.4, 0.5) is 0 Å². The van der Waals surface area contributed by atoms with Crippen molar-refractivity contribution >= 4 is 11.8 Å². The highest BCUT2D eigenvalue weighted by Crippen LogP contribution is 2.27. The van der Waals surface area contributed by atoms with Crippen molar-refractivity contribution in [3.05, 3.63) is 59.2 Å². The van der Waals surface area contributed by atoms with Gasteiger partial charge < -0.3 is 9.47 Å². The van der Waals surface area contributed by atoms with Gasteiger partial charge in [0.2, 0.25) is 0 Å². The molecule has 0 heterocycles. The molecule has 0 fully saturated rings. The van der Waals surface area contributed by atoms with E-state index in [-0.39, 0.29) is 19.1 Å². The Bertz CT molecular complexity index is 887. The summed E-state index contributed by atoms with van der Waals surface area (Å²) >= 11 is 0. The summed E-state index contributed by atoms with van der Waals surface area (Å²) in [5.41, 5.74) is 6.88. The molecule has 2 aromatic carbocycles. The summed E-state index contributed by atoms with van der Waals surface area (Å²) in [7, 11) is 0. The highest BCUT2D eigenvalue weighted by atomic mass is 16.5. The van der Waals surface area contributed by atoms with Gasteiger partial charge in [-0.05, 0) is 42.2 Å². The maximum absolute atomic E-state index is 11.9. The second kappa shape index (κ2) is 9.97. The van der Waals surface area contributed by atoms with Crippen LogP contribution in [0, 0.1) is 18.3 Å². The van der Waals surface area contributed by atoms with Gasteiger partial charge in [0.1, 0.15) is 17.6 Å². The van der Waals surface area contributed by atoms with Crippen molar-refractivity contribution in [2.24, 2.45) is 0 Å². The number of benzene rings is 2. The highest BCUT2D eigenvalue weighted by molar-refractivity contribution is 5.83. The largest absolute Gasteiger partial charge is 0.483 e. The normalized spacial score (nSPS) is 10.1. The van der Waals surface area contributed by atoms with Gasteiger partial charge in [0, 0.05) is 0 Å². The predicted molar refractivity (Wildman–Crippen MR) is 104 cm³/mol. The van der Waals surface area contributed by atoms with E-state index < -0.39 is 11.8 Å². The molecule has 0 unspecified atom stereocenters. The predicted octanol–water partition coefficient (Wildman–Crippen LogP) is 2.60. The number of hydrogen-bond acceptors (Lipinski definition) is 5. The number of rotatable bonds is 7. The lowest BCUT2D eigenvalue weighted by atomic mass is 10.0. The first-order chi connectivity index (χ1) is 13.4. The van der Waals surface area contributed by atoms with Crippen molar-refractivity contribution in [2.45, 2.75) is 26.7 Å². The summed E-state index contributed by atoms with van der Waals surface area (Å²) in [6.45, 7) is 5.46. The number of nitriles is 1. The third kappa shape index (κ3) is 6.02. The number of amides is 2. The second-order valence-corrected chi connectivity index (χ2v) is 6.48. The van der Waals surface area contributed by atoms with E-state index in [1.54, 1.807) is 24.3 Å². The first-order valence-electron chi connectivity index (χ1n) is 8.83. The van der Waals surface area contributed by atoms with Gasteiger partial charge in [0.25, 0.3) is 11.8 Å². The molecule has 0 aliphatic carbocycles. The monoisotopic (exact) mass is 381 g/mol. The van der Waals surface area contributed by atoms with E-state index in [1.165, 1.54) is 0 Å². The van der Waals surface area contributed by atoms with Crippen LogP contribution in [0.1, 0.15) is 36.5 Å². The molecule has 146 valence electrons. The second-order valence-electron chi connectivity index (χ2n) is 6.48. The minimum absolute atomic E-state index is 0.235. The summed E-state index contributed by atoms with van der Waals surface area (Å²) in [5, 5.41) is 8.98. The van der Waals surface area contributed by atoms with Gasteiger partial charge in [-0.15, -0.1) is 0 Å². The van der Waals surface area contributed by atoms with Gasteiger partial charge >= 0.3 is 0 Å². The van der Waals surface area contributed by atoms with Gasteiger partial charge in [-0.3, -0.25) is 20.4 Å². The molecule has 0 atom stereocenters. The third-order valence-electron chi connectivity index (χ3n) is 3.86. The van der Waals surface area contributed by atoms with Crippen molar-refractivity contribution in [3.8, 4) is 17.6 Å². The minimum atomic E-state index is -0.556. The number of carbonyl (C=O) groups excluding carboxylic acids is 2. The Balaban J connectivity index is 1.79. The number of nitrogens with zero attached hydrogens (tertiary/aromatic N) is 1. The van der Waals surface area contributed by atoms with Crippen LogP contribution in [0.25, 0.3) is 0 Å². The molecule has 2 N–H and O–H groups in total. The Morgan fingerprint density at radius 1 is 1.00 bits per heavy atom. The molecule has 0 radical (unpaired) electrons. The average Bonchev–Trinajstić information content (AvgIpc) is 2.69. The fourth-order valence-corrected chi connectivity index (χ4v) is 2.43. The van der Waals surface area contributed by atoms with Crippen molar-refractivity contribution in [3.63, 3.8) is 0 Å². The summed E-state index contributed by atoms with van der Waals surface area (Å²) < 4.78 is 10.9. The Morgan fingerprint density at radius 3 is 2.21 bits per heavy atom. The Kier molecular flexibility index (Phi) is 7.40. The first kappa shape index (κ1) is 20.8. The zero-order chi connectivity index (χ0) is 20.5. The van der Waals surface area contributed by atoms with Gasteiger partial charge in [0.05, 0.1) is 5.56 Å². The Morgan fingerprint density at radius 2 is 1.61 bits per heavy atom. The Hall–Kier alpha value is -3.53. The lowest BCUT2D eigenvalue weighted by molar-refractivity contribution is -0.131. The fraction of sp³-hybridized carbons (Fsp3) is 0.286.